The molecule has 0 bridgehead atoms. The van der Waals surface area contributed by atoms with Gasteiger partial charge >= 0.3 is 0 Å². The van der Waals surface area contributed by atoms with Crippen molar-refractivity contribution in [3.8, 4) is 5.69 Å². The Labute approximate surface area is 62.1 Å². The predicted molar refractivity (Wildman–Crippen MR) is 37.4 cm³/mol. The van der Waals surface area contributed by atoms with Crippen LogP contribution in [0.15, 0.2) is 28.9 Å². The quantitative estimate of drug-likeness (QED) is 0.674. The highest BCUT2D eigenvalue weighted by Gasteiger charge is 1.99. The Hall–Kier alpha value is -1.09. The van der Waals surface area contributed by atoms with Gasteiger partial charge in [0.05, 0.1) is 0 Å². The van der Waals surface area contributed by atoms with Crippen LogP contribution >= 0.6 is 11.6 Å². The van der Waals surface area contributed by atoms with E-state index in [1.54, 1.807) is 12.1 Å². The second-order valence-corrected chi connectivity index (χ2v) is 2.39. The van der Waals surface area contributed by atoms with Crippen LogP contribution in [-0.2, 0) is 0 Å². The fraction of sp³-hybridized carbons (Fsp3) is 0. The minimum atomic E-state index is 0.727. The summed E-state index contributed by atoms with van der Waals surface area (Å²) < 4.78 is 4.67. The number of aromatic amines is 1. The van der Waals surface area contributed by atoms with Crippen LogP contribution in [0.25, 0.3) is 5.69 Å². The predicted octanol–water partition coefficient (Wildman–Crippen LogP) is 2.05. The van der Waals surface area contributed by atoms with Crippen LogP contribution in [-0.4, -0.2) is 10.1 Å². The van der Waals surface area contributed by atoms with Crippen LogP contribution in [0.1, 0.15) is 0 Å². The number of nitrogens with one attached hydrogen (secondary N) is 1. The van der Waals surface area contributed by atoms with Gasteiger partial charge in [-0.15, -0.1) is 0 Å². The van der Waals surface area contributed by atoms with Gasteiger partial charge in [0, 0.05) is 5.02 Å². The number of H-pyrrole nitrogens is 1. The third-order valence-corrected chi connectivity index (χ3v) is 1.50. The maximum absolute atomic E-state index is 5.66. The summed E-state index contributed by atoms with van der Waals surface area (Å²) in [6.45, 7) is 0. The van der Waals surface area contributed by atoms with Crippen molar-refractivity contribution in [1.82, 2.24) is 10.1 Å². The van der Waals surface area contributed by atoms with Crippen LogP contribution in [0.3, 0.4) is 0 Å². The molecule has 52 valence electrons. The third-order valence-electron chi connectivity index (χ3n) is 1.24. The Balaban J connectivity index is 2.40. The molecular formula is C6H5ClN2O. The van der Waals surface area contributed by atoms with E-state index < -0.39 is 0 Å². The molecule has 0 atom stereocenters. The SMILES string of the molecule is Clc1ccc(-n2[nH]o2)cc1. The number of aromatic nitrogens is 2. The van der Waals surface area contributed by atoms with Crippen molar-refractivity contribution >= 4 is 11.6 Å². The molecule has 1 aromatic carbocycles. The number of benzene rings is 1. The normalized spacial score (nSPS) is 10.5. The van der Waals surface area contributed by atoms with E-state index in [2.05, 4.69) is 9.90 Å². The molecule has 3 nitrogen and oxygen atoms in total. The van der Waals surface area contributed by atoms with Crippen molar-refractivity contribution in [1.29, 1.82) is 0 Å². The van der Waals surface area contributed by atoms with Crippen molar-refractivity contribution in [3.63, 3.8) is 0 Å². The van der Waals surface area contributed by atoms with Gasteiger partial charge in [-0.05, 0) is 24.3 Å². The summed E-state index contributed by atoms with van der Waals surface area (Å²) in [6, 6.07) is 7.34. The molecule has 0 radical (unpaired) electrons. The van der Waals surface area contributed by atoms with Gasteiger partial charge in [0.25, 0.3) is 0 Å². The first-order valence-electron chi connectivity index (χ1n) is 2.84. The second kappa shape index (κ2) is 1.95. The number of nitrogens with zero attached hydrogens (tertiary/aromatic N) is 1. The lowest BCUT2D eigenvalue weighted by Gasteiger charge is -1.89. The molecule has 0 amide bonds. The lowest BCUT2D eigenvalue weighted by atomic mass is 10.3. The Morgan fingerprint density at radius 2 is 1.90 bits per heavy atom. The second-order valence-electron chi connectivity index (χ2n) is 1.95. The Morgan fingerprint density at radius 3 is 2.40 bits per heavy atom. The Morgan fingerprint density at radius 1 is 1.30 bits per heavy atom. The highest BCUT2D eigenvalue weighted by molar-refractivity contribution is 6.30. The van der Waals surface area contributed by atoms with E-state index in [1.807, 2.05) is 12.1 Å². The first-order chi connectivity index (χ1) is 4.86. The average Bonchev–Trinajstić information content (AvgIpc) is 2.71. The van der Waals surface area contributed by atoms with E-state index in [4.69, 9.17) is 11.6 Å². The van der Waals surface area contributed by atoms with Crippen molar-refractivity contribution in [2.75, 3.05) is 0 Å². The lowest BCUT2D eigenvalue weighted by molar-refractivity contribution is 0.501. The fourth-order valence-electron chi connectivity index (χ4n) is 0.702. The highest BCUT2D eigenvalue weighted by atomic mass is 35.5. The summed E-state index contributed by atoms with van der Waals surface area (Å²) in [4.78, 5) is 1.54. The number of rotatable bonds is 1. The number of hydrogen-bond donors (Lipinski definition) is 1. The van der Waals surface area contributed by atoms with Crippen LogP contribution in [0.4, 0.5) is 0 Å². The highest BCUT2D eigenvalue weighted by Crippen LogP contribution is 2.12. The van der Waals surface area contributed by atoms with Crippen LogP contribution in [0.5, 0.6) is 0 Å². The van der Waals surface area contributed by atoms with Gasteiger partial charge in [0.1, 0.15) is 5.69 Å². The molecule has 0 saturated heterocycles. The van der Waals surface area contributed by atoms with Crippen LogP contribution in [0, 0.1) is 0 Å². The van der Waals surface area contributed by atoms with E-state index >= 15 is 0 Å². The molecule has 2 aromatic rings. The molecule has 0 unspecified atom stereocenters. The zero-order valence-corrected chi connectivity index (χ0v) is 5.80. The van der Waals surface area contributed by atoms with Crippen LogP contribution < -0.4 is 0 Å². The minimum Gasteiger partial charge on any atom is -0.252 e. The van der Waals surface area contributed by atoms with Gasteiger partial charge in [0.2, 0.25) is 0 Å². The van der Waals surface area contributed by atoms with Crippen molar-refractivity contribution < 1.29 is 4.63 Å². The molecule has 0 aliphatic rings. The zero-order chi connectivity index (χ0) is 6.97. The zero-order valence-electron chi connectivity index (χ0n) is 5.04. The summed E-state index contributed by atoms with van der Waals surface area (Å²) >= 11 is 5.66. The summed E-state index contributed by atoms with van der Waals surface area (Å²) in [7, 11) is 0. The molecule has 0 fully saturated rings. The topological polar surface area (TPSA) is 33.9 Å². The largest absolute Gasteiger partial charge is 0.252 e. The molecule has 1 N–H and O–H groups in total. The maximum atomic E-state index is 5.66. The number of hydrogen-bond acceptors (Lipinski definition) is 1. The first kappa shape index (κ1) is 5.68. The number of halogens is 1. The molecule has 4 heteroatoms. The molecule has 1 heterocycles. The Kier molecular flexibility index (Phi) is 1.11. The minimum absolute atomic E-state index is 0.727. The van der Waals surface area contributed by atoms with Gasteiger partial charge in [0.15, 0.2) is 0 Å². The maximum Gasteiger partial charge on any atom is 0.105 e. The molecule has 0 aliphatic heterocycles. The molecular weight excluding hydrogens is 152 g/mol. The summed E-state index contributed by atoms with van der Waals surface area (Å²) in [6.07, 6.45) is 0. The van der Waals surface area contributed by atoms with Gasteiger partial charge in [-0.2, -0.15) is 0 Å². The molecule has 0 spiro atoms. The van der Waals surface area contributed by atoms with Gasteiger partial charge in [-0.25, -0.2) is 0 Å². The monoisotopic (exact) mass is 156 g/mol. The van der Waals surface area contributed by atoms with Gasteiger partial charge < -0.3 is 0 Å². The summed E-state index contributed by atoms with van der Waals surface area (Å²) in [5.74, 6) is 0. The Bertz CT molecular complexity index is 294. The standard InChI is InChI=1S/C6H5ClN2O/c7-5-1-3-6(4-2-5)9-8-10-9/h1-4,8H. The average molecular weight is 157 g/mol. The fourth-order valence-corrected chi connectivity index (χ4v) is 0.828. The van der Waals surface area contributed by atoms with E-state index in [9.17, 15) is 0 Å². The van der Waals surface area contributed by atoms with E-state index in [1.165, 1.54) is 4.85 Å². The third kappa shape index (κ3) is 0.953. The molecule has 1 aromatic heterocycles. The first-order valence-corrected chi connectivity index (χ1v) is 3.22. The van der Waals surface area contributed by atoms with Crippen molar-refractivity contribution in [2.45, 2.75) is 0 Å². The molecule has 2 rings (SSSR count). The van der Waals surface area contributed by atoms with Crippen molar-refractivity contribution in [3.05, 3.63) is 29.3 Å². The van der Waals surface area contributed by atoms with Crippen LogP contribution in [0.2, 0.25) is 5.02 Å². The summed E-state index contributed by atoms with van der Waals surface area (Å²) in [5.41, 5.74) is 0.949. The smallest absolute Gasteiger partial charge is 0.105 e. The molecule has 0 saturated carbocycles. The van der Waals surface area contributed by atoms with E-state index in [0.717, 1.165) is 10.7 Å². The van der Waals surface area contributed by atoms with E-state index in [0.29, 0.717) is 0 Å². The molecule has 0 aliphatic carbocycles. The van der Waals surface area contributed by atoms with Gasteiger partial charge in [-0.1, -0.05) is 21.7 Å². The van der Waals surface area contributed by atoms with Crippen molar-refractivity contribution in [2.24, 2.45) is 0 Å². The molecule has 10 heavy (non-hydrogen) atoms. The van der Waals surface area contributed by atoms with Gasteiger partial charge in [-0.3, -0.25) is 4.63 Å². The summed E-state index contributed by atoms with van der Waals surface area (Å²) in [5, 5.41) is 3.29. The lowest BCUT2D eigenvalue weighted by Crippen LogP contribution is -1.79. The van der Waals surface area contributed by atoms with E-state index in [-0.39, 0.29) is 0 Å².